The summed E-state index contributed by atoms with van der Waals surface area (Å²) in [6, 6.07) is 21.1. The minimum absolute atomic E-state index is 0.0706. The number of amides is 1. The summed E-state index contributed by atoms with van der Waals surface area (Å²) in [6.07, 6.45) is 0. The first-order chi connectivity index (χ1) is 14.2. The Labute approximate surface area is 178 Å². The summed E-state index contributed by atoms with van der Waals surface area (Å²) in [7, 11) is -2.29. The van der Waals surface area contributed by atoms with Gasteiger partial charge in [0.25, 0.3) is 15.9 Å². The van der Waals surface area contributed by atoms with Crippen LogP contribution < -0.4 is 9.62 Å². The maximum absolute atomic E-state index is 13.1. The topological polar surface area (TPSA) is 66.5 Å². The van der Waals surface area contributed by atoms with Crippen LogP contribution in [0.5, 0.6) is 0 Å². The summed E-state index contributed by atoms with van der Waals surface area (Å²) in [5.41, 5.74) is 4.03. The molecule has 1 atom stereocenters. The molecular weight excluding hydrogens is 396 g/mol. The number of carbonyl (C=O) groups excluding carboxylic acids is 1. The third-order valence-electron chi connectivity index (χ3n) is 5.08. The van der Waals surface area contributed by atoms with Crippen LogP contribution in [-0.4, -0.2) is 21.4 Å². The van der Waals surface area contributed by atoms with Crippen LogP contribution in [0.2, 0.25) is 0 Å². The molecule has 156 valence electrons. The highest BCUT2D eigenvalue weighted by Gasteiger charge is 2.23. The van der Waals surface area contributed by atoms with Gasteiger partial charge in [-0.25, -0.2) is 8.42 Å². The highest BCUT2D eigenvalue weighted by atomic mass is 32.2. The fourth-order valence-electron chi connectivity index (χ4n) is 3.07. The van der Waals surface area contributed by atoms with Gasteiger partial charge in [0.2, 0.25) is 0 Å². The van der Waals surface area contributed by atoms with Crippen LogP contribution in [0.4, 0.5) is 5.69 Å². The molecule has 1 amide bonds. The van der Waals surface area contributed by atoms with Gasteiger partial charge < -0.3 is 5.32 Å². The fourth-order valence-corrected chi connectivity index (χ4v) is 4.31. The maximum atomic E-state index is 13.1. The van der Waals surface area contributed by atoms with E-state index in [0.717, 1.165) is 16.7 Å². The van der Waals surface area contributed by atoms with Crippen LogP contribution in [0, 0.1) is 13.8 Å². The normalized spacial score (nSPS) is 12.3. The van der Waals surface area contributed by atoms with Crippen LogP contribution in [-0.2, 0) is 10.0 Å². The Kier molecular flexibility index (Phi) is 6.27. The second kappa shape index (κ2) is 8.71. The van der Waals surface area contributed by atoms with Crippen LogP contribution in [0.3, 0.4) is 0 Å². The Balaban J connectivity index is 1.81. The summed E-state index contributed by atoms with van der Waals surface area (Å²) in [6.45, 7) is 5.85. The zero-order valence-corrected chi connectivity index (χ0v) is 18.4. The second-order valence-electron chi connectivity index (χ2n) is 7.44. The van der Waals surface area contributed by atoms with Crippen molar-refractivity contribution in [1.82, 2.24) is 5.32 Å². The molecule has 0 spiro atoms. The van der Waals surface area contributed by atoms with E-state index >= 15 is 0 Å². The average molecular weight is 423 g/mol. The standard InChI is InChI=1S/C24H26N2O3S/c1-17-8-12-20(13-9-17)19(3)25-24(27)21-6-5-7-23(16-21)30(28,29)26(4)22-14-10-18(2)11-15-22/h5-16,19H,1-4H3,(H,25,27)/t19-/m1/s1. The second-order valence-corrected chi connectivity index (χ2v) is 9.41. The van der Waals surface area contributed by atoms with E-state index in [2.05, 4.69) is 5.32 Å². The maximum Gasteiger partial charge on any atom is 0.264 e. The first-order valence-corrected chi connectivity index (χ1v) is 11.2. The zero-order valence-electron chi connectivity index (χ0n) is 17.6. The summed E-state index contributed by atoms with van der Waals surface area (Å²) >= 11 is 0. The number of nitrogens with zero attached hydrogens (tertiary/aromatic N) is 1. The lowest BCUT2D eigenvalue weighted by molar-refractivity contribution is 0.0939. The zero-order chi connectivity index (χ0) is 21.9. The summed E-state index contributed by atoms with van der Waals surface area (Å²) in [5, 5.41) is 2.93. The van der Waals surface area contributed by atoms with Crippen LogP contribution in [0.15, 0.2) is 77.7 Å². The number of carbonyl (C=O) groups is 1. The molecule has 0 aliphatic heterocycles. The van der Waals surface area contributed by atoms with E-state index in [9.17, 15) is 13.2 Å². The third kappa shape index (κ3) is 4.71. The summed E-state index contributed by atoms with van der Waals surface area (Å²) in [4.78, 5) is 12.8. The van der Waals surface area contributed by atoms with Crippen molar-refractivity contribution >= 4 is 21.6 Å². The number of anilines is 1. The van der Waals surface area contributed by atoms with Gasteiger partial charge >= 0.3 is 0 Å². The van der Waals surface area contributed by atoms with E-state index < -0.39 is 10.0 Å². The molecule has 6 heteroatoms. The van der Waals surface area contributed by atoms with Gasteiger partial charge in [-0.2, -0.15) is 0 Å². The van der Waals surface area contributed by atoms with Crippen molar-refractivity contribution in [1.29, 1.82) is 0 Å². The molecule has 3 rings (SSSR count). The minimum Gasteiger partial charge on any atom is -0.346 e. The van der Waals surface area contributed by atoms with Crippen molar-refractivity contribution < 1.29 is 13.2 Å². The monoisotopic (exact) mass is 422 g/mol. The van der Waals surface area contributed by atoms with Gasteiger partial charge in [0.15, 0.2) is 0 Å². The van der Waals surface area contributed by atoms with E-state index in [4.69, 9.17) is 0 Å². The summed E-state index contributed by atoms with van der Waals surface area (Å²) < 4.78 is 27.3. The predicted octanol–water partition coefficient (Wildman–Crippen LogP) is 4.62. The first-order valence-electron chi connectivity index (χ1n) is 9.71. The minimum atomic E-state index is -3.79. The Morgan fingerprint density at radius 2 is 1.47 bits per heavy atom. The smallest absolute Gasteiger partial charge is 0.264 e. The lowest BCUT2D eigenvalue weighted by Gasteiger charge is -2.20. The molecule has 0 saturated carbocycles. The van der Waals surface area contributed by atoms with E-state index in [0.29, 0.717) is 11.3 Å². The van der Waals surface area contributed by atoms with Gasteiger partial charge in [0, 0.05) is 12.6 Å². The number of aryl methyl sites for hydroxylation is 2. The van der Waals surface area contributed by atoms with Gasteiger partial charge in [0.05, 0.1) is 16.6 Å². The molecule has 5 nitrogen and oxygen atoms in total. The molecule has 3 aromatic rings. The van der Waals surface area contributed by atoms with Gasteiger partial charge in [-0.3, -0.25) is 9.10 Å². The van der Waals surface area contributed by atoms with Crippen molar-refractivity contribution in [3.8, 4) is 0 Å². The largest absolute Gasteiger partial charge is 0.346 e. The SMILES string of the molecule is Cc1ccc([C@@H](C)NC(=O)c2cccc(S(=O)(=O)N(C)c3ccc(C)cc3)c2)cc1. The molecule has 1 N–H and O–H groups in total. The molecule has 0 aromatic heterocycles. The quantitative estimate of drug-likeness (QED) is 0.630. The Morgan fingerprint density at radius 3 is 2.07 bits per heavy atom. The Hall–Kier alpha value is -3.12. The highest BCUT2D eigenvalue weighted by Crippen LogP contribution is 2.23. The lowest BCUT2D eigenvalue weighted by atomic mass is 10.1. The summed E-state index contributed by atoms with van der Waals surface area (Å²) in [5.74, 6) is -0.321. The third-order valence-corrected chi connectivity index (χ3v) is 6.86. The molecule has 0 aliphatic rings. The average Bonchev–Trinajstić information content (AvgIpc) is 2.74. The van der Waals surface area contributed by atoms with Crippen molar-refractivity contribution in [3.63, 3.8) is 0 Å². The molecule has 30 heavy (non-hydrogen) atoms. The lowest BCUT2D eigenvalue weighted by Crippen LogP contribution is -2.28. The molecular formula is C24H26N2O3S. The molecule has 0 heterocycles. The number of hydrogen-bond acceptors (Lipinski definition) is 3. The molecule has 0 fully saturated rings. The van der Waals surface area contributed by atoms with E-state index in [1.54, 1.807) is 24.3 Å². The number of hydrogen-bond donors (Lipinski definition) is 1. The van der Waals surface area contributed by atoms with Crippen LogP contribution in [0.25, 0.3) is 0 Å². The first kappa shape index (κ1) is 21.6. The number of benzene rings is 3. The molecule has 0 bridgehead atoms. The van der Waals surface area contributed by atoms with E-state index in [-0.39, 0.29) is 16.8 Å². The van der Waals surface area contributed by atoms with Gasteiger partial charge in [-0.15, -0.1) is 0 Å². The number of sulfonamides is 1. The Morgan fingerprint density at radius 1 is 0.900 bits per heavy atom. The van der Waals surface area contributed by atoms with E-state index in [1.165, 1.54) is 23.5 Å². The number of rotatable bonds is 6. The highest BCUT2D eigenvalue weighted by molar-refractivity contribution is 7.92. The molecule has 0 radical (unpaired) electrons. The molecule has 0 aliphatic carbocycles. The van der Waals surface area contributed by atoms with Crippen molar-refractivity contribution in [2.75, 3.05) is 11.4 Å². The van der Waals surface area contributed by atoms with Crippen LogP contribution in [0.1, 0.15) is 40.0 Å². The van der Waals surface area contributed by atoms with E-state index in [1.807, 2.05) is 57.2 Å². The molecule has 0 unspecified atom stereocenters. The van der Waals surface area contributed by atoms with Crippen molar-refractivity contribution in [3.05, 3.63) is 95.1 Å². The van der Waals surface area contributed by atoms with Crippen molar-refractivity contribution in [2.24, 2.45) is 0 Å². The van der Waals surface area contributed by atoms with Crippen molar-refractivity contribution in [2.45, 2.75) is 31.7 Å². The molecule has 0 saturated heterocycles. The van der Waals surface area contributed by atoms with Gasteiger partial charge in [0.1, 0.15) is 0 Å². The van der Waals surface area contributed by atoms with Gasteiger partial charge in [-0.1, -0.05) is 53.6 Å². The fraction of sp³-hybridized carbons (Fsp3) is 0.208. The molecule has 3 aromatic carbocycles. The number of nitrogens with one attached hydrogen (secondary N) is 1. The Bertz CT molecular complexity index is 1140. The van der Waals surface area contributed by atoms with Crippen LogP contribution >= 0.6 is 0 Å². The van der Waals surface area contributed by atoms with Gasteiger partial charge in [-0.05, 0) is 56.7 Å². The predicted molar refractivity (Wildman–Crippen MR) is 120 cm³/mol.